The van der Waals surface area contributed by atoms with E-state index < -0.39 is 0 Å². The largest absolute Gasteiger partial charge is 0.383 e. The average Bonchev–Trinajstić information content (AvgIpc) is 3.06. The van der Waals surface area contributed by atoms with E-state index in [9.17, 15) is 0 Å². The molecule has 1 aliphatic heterocycles. The summed E-state index contributed by atoms with van der Waals surface area (Å²) >= 11 is 0. The minimum atomic E-state index is 0.311. The molecular formula is C20H31N7O. The van der Waals surface area contributed by atoms with Gasteiger partial charge in [-0.15, -0.1) is 10.2 Å². The normalized spacial score (nSPS) is 23.0. The van der Waals surface area contributed by atoms with Crippen LogP contribution in [0.4, 0.5) is 5.69 Å². The maximum atomic E-state index is 5.98. The van der Waals surface area contributed by atoms with Crippen LogP contribution in [0.2, 0.25) is 0 Å². The maximum Gasteiger partial charge on any atom is 0.147 e. The van der Waals surface area contributed by atoms with E-state index in [0.29, 0.717) is 18.6 Å². The Hall–Kier alpha value is -2.03. The molecule has 0 amide bonds. The van der Waals surface area contributed by atoms with E-state index in [-0.39, 0.29) is 0 Å². The number of nitrogens with two attached hydrogens (primary N) is 1. The number of pyridine rings is 1. The SMILES string of the molecule is COCCn1c(CN2CCN(c3ccnc(C)c3)CC2)nnc1C1CC(N)C1. The molecule has 2 fully saturated rings. The lowest BCUT2D eigenvalue weighted by atomic mass is 9.80. The Morgan fingerprint density at radius 3 is 2.64 bits per heavy atom. The van der Waals surface area contributed by atoms with Crippen molar-refractivity contribution in [2.45, 2.75) is 44.8 Å². The van der Waals surface area contributed by atoms with E-state index in [1.54, 1.807) is 7.11 Å². The third-order valence-electron chi connectivity index (χ3n) is 5.90. The topological polar surface area (TPSA) is 85.3 Å². The van der Waals surface area contributed by atoms with E-state index >= 15 is 0 Å². The Kier molecular flexibility index (Phi) is 5.89. The molecule has 1 saturated heterocycles. The minimum absolute atomic E-state index is 0.311. The fourth-order valence-electron chi connectivity index (χ4n) is 4.16. The Labute approximate surface area is 166 Å². The summed E-state index contributed by atoms with van der Waals surface area (Å²) in [4.78, 5) is 9.20. The Balaban J connectivity index is 1.39. The van der Waals surface area contributed by atoms with Gasteiger partial charge in [0.2, 0.25) is 0 Å². The number of methoxy groups -OCH3 is 1. The van der Waals surface area contributed by atoms with Gasteiger partial charge in [0, 0.05) is 69.4 Å². The highest BCUT2D eigenvalue weighted by Gasteiger charge is 2.32. The molecule has 8 heteroatoms. The van der Waals surface area contributed by atoms with E-state index in [1.807, 2.05) is 13.1 Å². The van der Waals surface area contributed by atoms with Crippen LogP contribution < -0.4 is 10.6 Å². The molecule has 0 unspecified atom stereocenters. The molecule has 152 valence electrons. The maximum absolute atomic E-state index is 5.98. The van der Waals surface area contributed by atoms with Crippen molar-refractivity contribution in [2.24, 2.45) is 5.73 Å². The molecule has 1 aliphatic carbocycles. The number of hydrogen-bond donors (Lipinski definition) is 1. The lowest BCUT2D eigenvalue weighted by Gasteiger charge is -2.36. The summed E-state index contributed by atoms with van der Waals surface area (Å²) in [7, 11) is 1.74. The highest BCUT2D eigenvalue weighted by Crippen LogP contribution is 2.35. The number of aromatic nitrogens is 4. The first kappa shape index (κ1) is 19.3. The summed E-state index contributed by atoms with van der Waals surface area (Å²) in [6.45, 7) is 8.41. The molecular weight excluding hydrogens is 354 g/mol. The van der Waals surface area contributed by atoms with Gasteiger partial charge in [0.15, 0.2) is 0 Å². The van der Waals surface area contributed by atoms with Gasteiger partial charge in [-0.25, -0.2) is 0 Å². The second-order valence-electron chi connectivity index (χ2n) is 7.97. The van der Waals surface area contributed by atoms with Crippen molar-refractivity contribution in [3.63, 3.8) is 0 Å². The Morgan fingerprint density at radius 1 is 1.18 bits per heavy atom. The zero-order valence-electron chi connectivity index (χ0n) is 16.9. The van der Waals surface area contributed by atoms with Gasteiger partial charge in [-0.2, -0.15) is 0 Å². The Morgan fingerprint density at radius 2 is 1.96 bits per heavy atom. The molecule has 4 rings (SSSR count). The number of piperazine rings is 1. The molecule has 0 bridgehead atoms. The van der Waals surface area contributed by atoms with Gasteiger partial charge in [-0.3, -0.25) is 9.88 Å². The monoisotopic (exact) mass is 385 g/mol. The van der Waals surface area contributed by atoms with Crippen LogP contribution in [-0.2, 0) is 17.8 Å². The molecule has 3 heterocycles. The summed E-state index contributed by atoms with van der Waals surface area (Å²) in [5.41, 5.74) is 8.31. The van der Waals surface area contributed by atoms with Crippen molar-refractivity contribution in [1.82, 2.24) is 24.6 Å². The summed E-state index contributed by atoms with van der Waals surface area (Å²) in [6, 6.07) is 4.57. The van der Waals surface area contributed by atoms with Crippen molar-refractivity contribution in [3.05, 3.63) is 35.7 Å². The van der Waals surface area contributed by atoms with E-state index in [0.717, 1.165) is 69.5 Å². The van der Waals surface area contributed by atoms with Gasteiger partial charge in [0.25, 0.3) is 0 Å². The number of anilines is 1. The zero-order chi connectivity index (χ0) is 19.5. The quantitative estimate of drug-likeness (QED) is 0.765. The van der Waals surface area contributed by atoms with Crippen molar-refractivity contribution >= 4 is 5.69 Å². The predicted octanol–water partition coefficient (Wildman–Crippen LogP) is 1.15. The van der Waals surface area contributed by atoms with Gasteiger partial charge in [-0.1, -0.05) is 0 Å². The third kappa shape index (κ3) is 4.19. The number of rotatable bonds is 7. The lowest BCUT2D eigenvalue weighted by Crippen LogP contribution is -2.46. The van der Waals surface area contributed by atoms with Gasteiger partial charge >= 0.3 is 0 Å². The first-order valence-corrected chi connectivity index (χ1v) is 10.2. The third-order valence-corrected chi connectivity index (χ3v) is 5.90. The van der Waals surface area contributed by atoms with Gasteiger partial charge < -0.3 is 19.9 Å². The summed E-state index contributed by atoms with van der Waals surface area (Å²) in [6.07, 6.45) is 3.91. The second-order valence-corrected chi connectivity index (χ2v) is 7.97. The van der Waals surface area contributed by atoms with E-state index in [1.165, 1.54) is 5.69 Å². The average molecular weight is 386 g/mol. The lowest BCUT2D eigenvalue weighted by molar-refractivity contribution is 0.179. The number of nitrogens with zero attached hydrogens (tertiary/aromatic N) is 6. The standard InChI is InChI=1S/C20H31N7O/c1-15-11-18(3-4-22-15)26-7-5-25(6-8-26)14-19-23-24-20(16-12-17(21)13-16)27(19)9-10-28-2/h3-4,11,16-17H,5-10,12-14,21H2,1-2H3. The van der Waals surface area contributed by atoms with Crippen LogP contribution in [0.5, 0.6) is 0 Å². The molecule has 2 aromatic heterocycles. The molecule has 0 spiro atoms. The van der Waals surface area contributed by atoms with Gasteiger partial charge in [0.05, 0.1) is 13.2 Å². The molecule has 28 heavy (non-hydrogen) atoms. The van der Waals surface area contributed by atoms with E-state index in [4.69, 9.17) is 10.5 Å². The molecule has 8 nitrogen and oxygen atoms in total. The van der Waals surface area contributed by atoms with Crippen LogP contribution in [0.15, 0.2) is 18.3 Å². The molecule has 2 aliphatic rings. The number of aryl methyl sites for hydroxylation is 1. The smallest absolute Gasteiger partial charge is 0.147 e. The van der Waals surface area contributed by atoms with Crippen molar-refractivity contribution < 1.29 is 4.74 Å². The fourth-order valence-corrected chi connectivity index (χ4v) is 4.16. The van der Waals surface area contributed by atoms with Gasteiger partial charge in [-0.05, 0) is 31.9 Å². The fraction of sp³-hybridized carbons (Fsp3) is 0.650. The second kappa shape index (κ2) is 8.55. The van der Waals surface area contributed by atoms with Crippen LogP contribution in [-0.4, -0.2) is 70.6 Å². The Bertz CT molecular complexity index is 779. The summed E-state index contributed by atoms with van der Waals surface area (Å²) in [5, 5.41) is 9.05. The molecule has 2 N–H and O–H groups in total. The van der Waals surface area contributed by atoms with Crippen molar-refractivity contribution in [1.29, 1.82) is 0 Å². The molecule has 1 saturated carbocycles. The first-order chi connectivity index (χ1) is 13.6. The van der Waals surface area contributed by atoms with Crippen LogP contribution in [0.1, 0.15) is 36.1 Å². The molecule has 0 atom stereocenters. The minimum Gasteiger partial charge on any atom is -0.383 e. The highest BCUT2D eigenvalue weighted by molar-refractivity contribution is 5.46. The van der Waals surface area contributed by atoms with Crippen molar-refractivity contribution in [3.8, 4) is 0 Å². The number of hydrogen-bond acceptors (Lipinski definition) is 7. The van der Waals surface area contributed by atoms with Crippen molar-refractivity contribution in [2.75, 3.05) is 44.8 Å². The highest BCUT2D eigenvalue weighted by atomic mass is 16.5. The van der Waals surface area contributed by atoms with Crippen LogP contribution in [0.25, 0.3) is 0 Å². The van der Waals surface area contributed by atoms with Crippen LogP contribution in [0, 0.1) is 6.92 Å². The zero-order valence-corrected chi connectivity index (χ0v) is 16.9. The van der Waals surface area contributed by atoms with E-state index in [2.05, 4.69) is 41.7 Å². The van der Waals surface area contributed by atoms with Crippen LogP contribution >= 0.6 is 0 Å². The molecule has 0 aromatic carbocycles. The molecule has 0 radical (unpaired) electrons. The van der Waals surface area contributed by atoms with Gasteiger partial charge in [0.1, 0.15) is 11.6 Å². The molecule has 2 aromatic rings. The number of ether oxygens (including phenoxy) is 1. The summed E-state index contributed by atoms with van der Waals surface area (Å²) < 4.78 is 7.58. The predicted molar refractivity (Wildman–Crippen MR) is 108 cm³/mol. The van der Waals surface area contributed by atoms with Crippen LogP contribution in [0.3, 0.4) is 0 Å². The summed E-state index contributed by atoms with van der Waals surface area (Å²) in [5.74, 6) is 2.57. The first-order valence-electron chi connectivity index (χ1n) is 10.2.